The Balaban J connectivity index is 4.40. The predicted molar refractivity (Wildman–Crippen MR) is 78.5 cm³/mol. The molecule has 0 aromatic heterocycles. The van der Waals surface area contributed by atoms with E-state index in [-0.39, 0.29) is 13.0 Å². The second-order valence-corrected chi connectivity index (χ2v) is 13.8. The van der Waals surface area contributed by atoms with E-state index in [4.69, 9.17) is 4.12 Å². The fourth-order valence-electron chi connectivity index (χ4n) is 1.81. The summed E-state index contributed by atoms with van der Waals surface area (Å²) in [6.45, 7) is 5.35. The third-order valence-corrected chi connectivity index (χ3v) is 8.55. The minimum Gasteiger partial charge on any atom is -0.458 e. The van der Waals surface area contributed by atoms with E-state index in [0.29, 0.717) is 6.04 Å². The molecule has 0 bridgehead atoms. The van der Waals surface area contributed by atoms with Crippen LogP contribution in [0.25, 0.3) is 0 Å². The van der Waals surface area contributed by atoms with E-state index < -0.39 is 48.2 Å². The first kappa shape index (κ1) is 23.8. The van der Waals surface area contributed by atoms with Gasteiger partial charge in [0.1, 0.15) is 6.61 Å². The van der Waals surface area contributed by atoms with E-state index in [1.54, 1.807) is 0 Å². The number of rotatable bonds is 11. The molecule has 146 valence electrons. The molecule has 0 aromatic rings. The van der Waals surface area contributed by atoms with Gasteiger partial charge in [0.15, 0.2) is 17.4 Å². The van der Waals surface area contributed by atoms with Gasteiger partial charge in [-0.2, -0.15) is 26.3 Å². The van der Waals surface area contributed by atoms with Crippen molar-refractivity contribution >= 4 is 17.4 Å². The number of halogens is 8. The highest BCUT2D eigenvalue weighted by molar-refractivity contribution is 6.77. The van der Waals surface area contributed by atoms with E-state index in [9.17, 15) is 35.1 Å². The van der Waals surface area contributed by atoms with Crippen LogP contribution in [0.3, 0.4) is 0 Å². The SMILES string of the molecule is C[SiH](CCCOCC(F)(F)C(F)(F)C(F)(F)C(F)F)O[Si](C)(C)C. The average molecular weight is 406 g/mol. The number of alkyl halides is 8. The maximum atomic E-state index is 13.2. The van der Waals surface area contributed by atoms with Gasteiger partial charge < -0.3 is 8.85 Å². The van der Waals surface area contributed by atoms with E-state index in [1.807, 2.05) is 26.2 Å². The molecular formula is C12H22F8O2Si2. The van der Waals surface area contributed by atoms with E-state index in [2.05, 4.69) is 4.74 Å². The van der Waals surface area contributed by atoms with Gasteiger partial charge in [-0.3, -0.25) is 0 Å². The van der Waals surface area contributed by atoms with Crippen molar-refractivity contribution in [1.29, 1.82) is 0 Å². The van der Waals surface area contributed by atoms with Gasteiger partial charge in [0.05, 0.1) is 0 Å². The molecule has 0 heterocycles. The third-order valence-electron chi connectivity index (χ3n) is 2.89. The molecule has 0 rings (SSSR count). The Kier molecular flexibility index (Phi) is 8.38. The van der Waals surface area contributed by atoms with Crippen LogP contribution in [0.15, 0.2) is 0 Å². The van der Waals surface area contributed by atoms with Crippen molar-refractivity contribution in [2.75, 3.05) is 13.2 Å². The number of hydrogen-bond donors (Lipinski definition) is 0. The molecule has 1 atom stereocenters. The van der Waals surface area contributed by atoms with Crippen LogP contribution in [-0.2, 0) is 8.85 Å². The highest BCUT2D eigenvalue weighted by Gasteiger charge is 2.75. The minimum absolute atomic E-state index is 0.227. The van der Waals surface area contributed by atoms with Crippen LogP contribution in [0.5, 0.6) is 0 Å². The Bertz CT molecular complexity index is 388. The molecule has 2 nitrogen and oxygen atoms in total. The van der Waals surface area contributed by atoms with Crippen LogP contribution in [0.2, 0.25) is 32.2 Å². The Morgan fingerprint density at radius 3 is 1.92 bits per heavy atom. The molecular weight excluding hydrogens is 384 g/mol. The maximum absolute atomic E-state index is 13.2. The van der Waals surface area contributed by atoms with E-state index >= 15 is 0 Å². The number of hydrogen-bond acceptors (Lipinski definition) is 2. The van der Waals surface area contributed by atoms with Gasteiger partial charge in [0, 0.05) is 6.61 Å². The van der Waals surface area contributed by atoms with Gasteiger partial charge in [-0.1, -0.05) is 0 Å². The number of ether oxygens (including phenoxy) is 1. The van der Waals surface area contributed by atoms with E-state index in [0.717, 1.165) is 0 Å². The predicted octanol–water partition coefficient (Wildman–Crippen LogP) is 4.77. The van der Waals surface area contributed by atoms with Crippen LogP contribution >= 0.6 is 0 Å². The summed E-state index contributed by atoms with van der Waals surface area (Å²) in [5, 5.41) is 0. The smallest absolute Gasteiger partial charge is 0.380 e. The maximum Gasteiger partial charge on any atom is 0.380 e. The van der Waals surface area contributed by atoms with Crippen molar-refractivity contribution in [3.05, 3.63) is 0 Å². The summed E-state index contributed by atoms with van der Waals surface area (Å²) in [4.78, 5) is 0. The van der Waals surface area contributed by atoms with Gasteiger partial charge in [-0.15, -0.1) is 0 Å². The lowest BCUT2D eigenvalue weighted by molar-refractivity contribution is -0.345. The summed E-state index contributed by atoms with van der Waals surface area (Å²) < 4.78 is 111. The first-order valence-corrected chi connectivity index (χ1v) is 13.1. The van der Waals surface area contributed by atoms with Crippen LogP contribution in [0.1, 0.15) is 6.42 Å². The highest BCUT2D eigenvalue weighted by atomic mass is 28.4. The molecule has 0 amide bonds. The first-order chi connectivity index (χ1) is 10.5. The molecule has 0 aliphatic rings. The lowest BCUT2D eigenvalue weighted by atomic mass is 10.1. The largest absolute Gasteiger partial charge is 0.458 e. The topological polar surface area (TPSA) is 18.5 Å². The zero-order valence-electron chi connectivity index (χ0n) is 13.8. The Labute approximate surface area is 138 Å². The van der Waals surface area contributed by atoms with Crippen molar-refractivity contribution in [1.82, 2.24) is 0 Å². The fraction of sp³-hybridized carbons (Fsp3) is 1.00. The zero-order chi connectivity index (χ0) is 19.4. The van der Waals surface area contributed by atoms with E-state index in [1.165, 1.54) is 0 Å². The second-order valence-electron chi connectivity index (χ2n) is 6.44. The quantitative estimate of drug-likeness (QED) is 0.280. The summed E-state index contributed by atoms with van der Waals surface area (Å²) in [5.74, 6) is -17.8. The molecule has 0 N–H and O–H groups in total. The molecule has 12 heteroatoms. The summed E-state index contributed by atoms with van der Waals surface area (Å²) >= 11 is 0. The first-order valence-electron chi connectivity index (χ1n) is 7.22. The van der Waals surface area contributed by atoms with Crippen LogP contribution in [0, 0.1) is 0 Å². The molecule has 1 unspecified atom stereocenters. The van der Waals surface area contributed by atoms with Crippen molar-refractivity contribution in [2.24, 2.45) is 0 Å². The van der Waals surface area contributed by atoms with Gasteiger partial charge in [-0.25, -0.2) is 8.78 Å². The standard InChI is InChI=1S/C12H22F8O2Si2/c1-23(22-24(2,3)4)7-5-6-21-8-10(15,16)12(19,20)11(17,18)9(13)14/h9,23H,5-8H2,1-4H3. The van der Waals surface area contributed by atoms with Gasteiger partial charge in [0.25, 0.3) is 0 Å². The molecule has 0 aliphatic heterocycles. The van der Waals surface area contributed by atoms with Crippen molar-refractivity contribution in [3.8, 4) is 0 Å². The molecule has 0 fully saturated rings. The van der Waals surface area contributed by atoms with Gasteiger partial charge >= 0.3 is 24.2 Å². The molecule has 0 aliphatic carbocycles. The average Bonchev–Trinajstić information content (AvgIpc) is 2.35. The summed E-state index contributed by atoms with van der Waals surface area (Å²) in [5.41, 5.74) is 0. The lowest BCUT2D eigenvalue weighted by Crippen LogP contribution is -2.59. The Morgan fingerprint density at radius 2 is 1.50 bits per heavy atom. The minimum atomic E-state index is -6.21. The third kappa shape index (κ3) is 6.60. The fourth-order valence-corrected chi connectivity index (χ4v) is 7.85. The lowest BCUT2D eigenvalue weighted by Gasteiger charge is -2.32. The monoisotopic (exact) mass is 406 g/mol. The van der Waals surface area contributed by atoms with Crippen LogP contribution in [-0.4, -0.2) is 54.8 Å². The molecule has 0 saturated heterocycles. The van der Waals surface area contributed by atoms with Crippen molar-refractivity contribution < 1.29 is 44.0 Å². The van der Waals surface area contributed by atoms with Gasteiger partial charge in [-0.05, 0) is 38.7 Å². The summed E-state index contributed by atoms with van der Waals surface area (Å²) in [7, 11) is -3.29. The van der Waals surface area contributed by atoms with Crippen LogP contribution in [0.4, 0.5) is 35.1 Å². The van der Waals surface area contributed by atoms with Crippen molar-refractivity contribution in [2.45, 2.75) is 62.8 Å². The van der Waals surface area contributed by atoms with Crippen molar-refractivity contribution in [3.63, 3.8) is 0 Å². The van der Waals surface area contributed by atoms with Crippen LogP contribution < -0.4 is 0 Å². The Morgan fingerprint density at radius 1 is 1.00 bits per heavy atom. The Hall–Kier alpha value is -0.206. The molecule has 0 aromatic carbocycles. The normalized spacial score (nSPS) is 15.9. The summed E-state index contributed by atoms with van der Waals surface area (Å²) in [6, 6.07) is 0.527. The molecule has 0 spiro atoms. The molecule has 0 radical (unpaired) electrons. The summed E-state index contributed by atoms with van der Waals surface area (Å²) in [6.07, 6.45) is -4.69. The molecule has 0 saturated carbocycles. The van der Waals surface area contributed by atoms with Gasteiger partial charge in [0.2, 0.25) is 0 Å². The second kappa shape index (κ2) is 8.45. The molecule has 24 heavy (non-hydrogen) atoms. The zero-order valence-corrected chi connectivity index (χ0v) is 16.0. The highest BCUT2D eigenvalue weighted by Crippen LogP contribution is 2.48.